The maximum Gasteiger partial charge on any atom is 0.326 e. The molecule has 2 aromatic rings. The molecule has 2 fully saturated rings. The lowest BCUT2D eigenvalue weighted by Crippen LogP contribution is -2.53. The van der Waals surface area contributed by atoms with Crippen LogP contribution in [0.5, 0.6) is 0 Å². The Morgan fingerprint density at radius 3 is 2.68 bits per heavy atom. The van der Waals surface area contributed by atoms with Gasteiger partial charge < -0.3 is 4.74 Å². The number of methoxy groups -OCH3 is 1. The molecule has 2 aliphatic heterocycles. The van der Waals surface area contributed by atoms with Crippen LogP contribution < -0.4 is 5.32 Å². The molecule has 1 N–H and O–H groups in total. The summed E-state index contributed by atoms with van der Waals surface area (Å²) < 4.78 is 6.76. The Bertz CT molecular complexity index is 941. The molecule has 2 aliphatic rings. The molecule has 0 saturated carbocycles. The summed E-state index contributed by atoms with van der Waals surface area (Å²) in [6.07, 6.45) is 3.56. The number of rotatable bonds is 4. The smallest absolute Gasteiger partial charge is 0.326 e. The zero-order valence-corrected chi connectivity index (χ0v) is 16.0. The van der Waals surface area contributed by atoms with Gasteiger partial charge in [0.2, 0.25) is 11.8 Å². The van der Waals surface area contributed by atoms with Crippen LogP contribution in [0, 0.1) is 11.8 Å². The second-order valence-electron chi connectivity index (χ2n) is 7.46. The van der Waals surface area contributed by atoms with E-state index in [9.17, 15) is 14.4 Å². The molecule has 2 saturated heterocycles. The number of aromatic nitrogens is 2. The van der Waals surface area contributed by atoms with Crippen molar-refractivity contribution in [1.29, 1.82) is 0 Å². The van der Waals surface area contributed by atoms with Crippen molar-refractivity contribution in [1.82, 2.24) is 20.0 Å². The molecule has 28 heavy (non-hydrogen) atoms. The zero-order chi connectivity index (χ0) is 20.1. The minimum atomic E-state index is -1.28. The normalized spacial score (nSPS) is 29.2. The molecule has 1 aromatic carbocycles. The average molecular weight is 382 g/mol. The Morgan fingerprint density at radius 2 is 2.00 bits per heavy atom. The number of nitrogens with zero attached hydrogens (tertiary/aromatic N) is 3. The third kappa shape index (κ3) is 2.56. The van der Waals surface area contributed by atoms with Gasteiger partial charge in [-0.2, -0.15) is 5.10 Å². The molecule has 3 heterocycles. The number of benzene rings is 1. The van der Waals surface area contributed by atoms with Gasteiger partial charge in [-0.05, 0) is 24.1 Å². The fraction of sp³-hybridized carbons (Fsp3) is 0.400. The first-order valence-electron chi connectivity index (χ1n) is 9.11. The first-order valence-corrected chi connectivity index (χ1v) is 9.11. The van der Waals surface area contributed by atoms with Gasteiger partial charge >= 0.3 is 5.97 Å². The number of fused-ring (bicyclic) bond motifs is 1. The Kier molecular flexibility index (Phi) is 4.30. The van der Waals surface area contributed by atoms with Gasteiger partial charge in [-0.1, -0.05) is 24.3 Å². The van der Waals surface area contributed by atoms with E-state index in [-0.39, 0.29) is 11.8 Å². The van der Waals surface area contributed by atoms with E-state index in [0.29, 0.717) is 6.54 Å². The summed E-state index contributed by atoms with van der Waals surface area (Å²) in [5, 5.41) is 7.51. The number of carbonyl (C=O) groups excluding carboxylic acids is 3. The van der Waals surface area contributed by atoms with Crippen LogP contribution in [-0.2, 0) is 25.7 Å². The van der Waals surface area contributed by atoms with E-state index in [0.717, 1.165) is 16.0 Å². The minimum Gasteiger partial charge on any atom is -0.468 e. The molecule has 4 rings (SSSR count). The van der Waals surface area contributed by atoms with Gasteiger partial charge in [0.05, 0.1) is 25.5 Å². The van der Waals surface area contributed by atoms with Crippen molar-refractivity contribution in [3.05, 3.63) is 53.9 Å². The predicted molar refractivity (Wildman–Crippen MR) is 98.8 cm³/mol. The molecule has 8 heteroatoms. The minimum absolute atomic E-state index is 0.283. The summed E-state index contributed by atoms with van der Waals surface area (Å²) in [5.41, 5.74) is 0.559. The fourth-order valence-corrected chi connectivity index (χ4v) is 4.50. The van der Waals surface area contributed by atoms with Gasteiger partial charge in [-0.15, -0.1) is 0 Å². The lowest BCUT2D eigenvalue weighted by atomic mass is 9.80. The van der Waals surface area contributed by atoms with Crippen molar-refractivity contribution in [2.45, 2.75) is 25.0 Å². The van der Waals surface area contributed by atoms with Gasteiger partial charge in [-0.25, -0.2) is 0 Å². The number of likely N-dealkylation sites (tertiary alicyclic amines) is 1. The van der Waals surface area contributed by atoms with E-state index in [1.807, 2.05) is 36.5 Å². The molecule has 0 aliphatic carbocycles. The van der Waals surface area contributed by atoms with E-state index in [1.165, 1.54) is 14.2 Å². The number of nitrogens with one attached hydrogen (secondary N) is 1. The number of imide groups is 1. The van der Waals surface area contributed by atoms with Crippen LogP contribution in [0.25, 0.3) is 0 Å². The summed E-state index contributed by atoms with van der Waals surface area (Å²) in [6, 6.07) is 9.05. The largest absolute Gasteiger partial charge is 0.468 e. The van der Waals surface area contributed by atoms with Crippen LogP contribution in [0.15, 0.2) is 42.7 Å². The Labute approximate surface area is 162 Å². The average Bonchev–Trinajstić information content (AvgIpc) is 3.37. The van der Waals surface area contributed by atoms with Crippen LogP contribution >= 0.6 is 0 Å². The molecule has 0 radical (unpaired) electrons. The van der Waals surface area contributed by atoms with E-state index in [2.05, 4.69) is 10.4 Å². The number of carbonyl (C=O) groups is 3. The highest BCUT2D eigenvalue weighted by atomic mass is 16.5. The highest BCUT2D eigenvalue weighted by Gasteiger charge is 2.66. The number of amides is 2. The molecular weight excluding hydrogens is 360 g/mol. The van der Waals surface area contributed by atoms with Crippen molar-refractivity contribution in [2.24, 2.45) is 11.8 Å². The maximum atomic E-state index is 12.9. The zero-order valence-electron chi connectivity index (χ0n) is 16.0. The van der Waals surface area contributed by atoms with E-state index >= 15 is 0 Å². The van der Waals surface area contributed by atoms with Crippen molar-refractivity contribution < 1.29 is 19.1 Å². The molecular formula is C20H22N4O4. The van der Waals surface area contributed by atoms with Crippen LogP contribution in [-0.4, -0.2) is 52.2 Å². The number of esters is 1. The quantitative estimate of drug-likeness (QED) is 0.619. The van der Waals surface area contributed by atoms with Gasteiger partial charge in [0, 0.05) is 25.5 Å². The third-order valence-corrected chi connectivity index (χ3v) is 5.90. The van der Waals surface area contributed by atoms with E-state index in [4.69, 9.17) is 4.74 Å². The van der Waals surface area contributed by atoms with Crippen LogP contribution in [0.4, 0.5) is 0 Å². The van der Waals surface area contributed by atoms with Gasteiger partial charge in [0.15, 0.2) is 0 Å². The summed E-state index contributed by atoms with van der Waals surface area (Å²) >= 11 is 0. The Morgan fingerprint density at radius 1 is 1.25 bits per heavy atom. The molecule has 0 unspecified atom stereocenters. The Balaban J connectivity index is 1.79. The van der Waals surface area contributed by atoms with Crippen LogP contribution in [0.2, 0.25) is 0 Å². The lowest BCUT2D eigenvalue weighted by Gasteiger charge is -2.28. The van der Waals surface area contributed by atoms with Gasteiger partial charge in [0.1, 0.15) is 5.54 Å². The standard InChI is InChI=1S/C20H22N4O4/c1-20(19(27)28-3)15-14(17(25)23(2)18(15)26)16(22-20)13-8-5-4-7-12(13)11-24-10-6-9-21-24/h4-10,14-16,22H,11H2,1-3H3/t14-,15-,16-,20-/m0/s1. The number of hydrogen-bond donors (Lipinski definition) is 1. The summed E-state index contributed by atoms with van der Waals surface area (Å²) in [5.74, 6) is -2.66. The second kappa shape index (κ2) is 6.56. The van der Waals surface area contributed by atoms with Crippen LogP contribution in [0.1, 0.15) is 24.1 Å². The first-order chi connectivity index (χ1) is 13.4. The van der Waals surface area contributed by atoms with Crippen molar-refractivity contribution in [3.63, 3.8) is 0 Å². The molecule has 1 aromatic heterocycles. The Hall–Kier alpha value is -3.00. The predicted octanol–water partition coefficient (Wildman–Crippen LogP) is 0.738. The molecule has 0 spiro atoms. The van der Waals surface area contributed by atoms with Crippen LogP contribution in [0.3, 0.4) is 0 Å². The fourth-order valence-electron chi connectivity index (χ4n) is 4.50. The van der Waals surface area contributed by atoms with Gasteiger partial charge in [-0.3, -0.25) is 29.3 Å². The van der Waals surface area contributed by atoms with E-state index in [1.54, 1.807) is 17.8 Å². The molecule has 0 bridgehead atoms. The van der Waals surface area contributed by atoms with E-state index < -0.39 is 29.4 Å². The lowest BCUT2D eigenvalue weighted by molar-refractivity contribution is -0.152. The monoisotopic (exact) mass is 382 g/mol. The van der Waals surface area contributed by atoms with Crippen molar-refractivity contribution in [3.8, 4) is 0 Å². The SMILES string of the molecule is COC(=O)[C@@]1(C)N[C@@H](c2ccccc2Cn2cccn2)[C@H]2C(=O)N(C)C(=O)[C@H]21. The summed E-state index contributed by atoms with van der Waals surface area (Å²) in [7, 11) is 2.75. The molecule has 146 valence electrons. The molecule has 2 amide bonds. The highest BCUT2D eigenvalue weighted by Crippen LogP contribution is 2.49. The molecule has 4 atom stereocenters. The van der Waals surface area contributed by atoms with Gasteiger partial charge in [0.25, 0.3) is 0 Å². The second-order valence-corrected chi connectivity index (χ2v) is 7.46. The maximum absolute atomic E-state index is 12.9. The molecule has 8 nitrogen and oxygen atoms in total. The topological polar surface area (TPSA) is 93.5 Å². The highest BCUT2D eigenvalue weighted by molar-refractivity contribution is 6.09. The number of ether oxygens (including phenoxy) is 1. The first kappa shape index (κ1) is 18.4. The third-order valence-electron chi connectivity index (χ3n) is 5.90. The van der Waals surface area contributed by atoms with Crippen molar-refractivity contribution in [2.75, 3.05) is 14.2 Å². The summed E-state index contributed by atoms with van der Waals surface area (Å²) in [4.78, 5) is 39.4. The summed E-state index contributed by atoms with van der Waals surface area (Å²) in [6.45, 7) is 2.16. The van der Waals surface area contributed by atoms with Crippen molar-refractivity contribution >= 4 is 17.8 Å². The number of hydrogen-bond acceptors (Lipinski definition) is 6.